The molecule has 7 aromatic carbocycles. The molecular weight excluding hydrogens is 623 g/mol. The van der Waals surface area contributed by atoms with Crippen LogP contribution in [0.1, 0.15) is 26.3 Å². The predicted molar refractivity (Wildman–Crippen MR) is 216 cm³/mol. The summed E-state index contributed by atoms with van der Waals surface area (Å²) in [6.45, 7) is 6.76. The van der Waals surface area contributed by atoms with Crippen molar-refractivity contribution < 1.29 is 8.83 Å². The largest absolute Gasteiger partial charge is 0.455 e. The number of hydrogen-bond acceptors (Lipinski definition) is 3. The first-order valence-electron chi connectivity index (χ1n) is 17.7. The Morgan fingerprint density at radius 3 is 2.06 bits per heavy atom. The van der Waals surface area contributed by atoms with E-state index < -0.39 is 0 Å². The fraction of sp³-hybridized carbons (Fsp3) is 0.0870. The van der Waals surface area contributed by atoms with E-state index in [-0.39, 0.29) is 5.41 Å². The first-order valence-corrected chi connectivity index (χ1v) is 17.7. The maximum atomic E-state index is 6.94. The van der Waals surface area contributed by atoms with Crippen LogP contribution in [0.4, 0.5) is 11.4 Å². The van der Waals surface area contributed by atoms with Gasteiger partial charge in [0.1, 0.15) is 22.3 Å². The monoisotopic (exact) mass is 656 g/mol. The maximum Gasteiger partial charge on any atom is 0.198 e. The van der Waals surface area contributed by atoms with Gasteiger partial charge in [0, 0.05) is 49.7 Å². The van der Waals surface area contributed by atoms with Gasteiger partial charge in [-0.05, 0) is 75.7 Å². The summed E-state index contributed by atoms with van der Waals surface area (Å²) in [6.07, 6.45) is 0. The van der Waals surface area contributed by atoms with E-state index in [4.69, 9.17) is 8.83 Å². The molecule has 0 spiro atoms. The summed E-state index contributed by atoms with van der Waals surface area (Å²) in [5.74, 6) is 0. The number of nitrogens with zero attached hydrogens (tertiary/aromatic N) is 1. The molecular formula is C46H33BN2O2. The summed E-state index contributed by atoms with van der Waals surface area (Å²) in [7, 11) is 0.766. The van der Waals surface area contributed by atoms with Gasteiger partial charge in [-0.15, -0.1) is 0 Å². The van der Waals surface area contributed by atoms with Gasteiger partial charge >= 0.3 is 0 Å². The average molecular weight is 657 g/mol. The first kappa shape index (κ1) is 28.6. The smallest absolute Gasteiger partial charge is 0.198 e. The highest BCUT2D eigenvalue weighted by Crippen LogP contribution is 2.46. The molecule has 0 bridgehead atoms. The first-order chi connectivity index (χ1) is 24.9. The molecule has 0 fully saturated rings. The van der Waals surface area contributed by atoms with Crippen LogP contribution in [0.15, 0.2) is 142 Å². The summed E-state index contributed by atoms with van der Waals surface area (Å²) in [4.78, 5) is 0. The second kappa shape index (κ2) is 10.2. The third-order valence-corrected chi connectivity index (χ3v) is 11.0. The molecule has 4 nitrogen and oxygen atoms in total. The van der Waals surface area contributed by atoms with Crippen molar-refractivity contribution in [1.82, 2.24) is 4.57 Å². The lowest BCUT2D eigenvalue weighted by Gasteiger charge is -2.25. The van der Waals surface area contributed by atoms with Gasteiger partial charge in [-0.3, -0.25) is 0 Å². The van der Waals surface area contributed by atoms with Crippen molar-refractivity contribution in [3.63, 3.8) is 0 Å². The highest BCUT2D eigenvalue weighted by molar-refractivity contribution is 6.74. The van der Waals surface area contributed by atoms with Gasteiger partial charge in [-0.1, -0.05) is 111 Å². The Labute approximate surface area is 295 Å². The van der Waals surface area contributed by atoms with Crippen molar-refractivity contribution >= 4 is 95.3 Å². The van der Waals surface area contributed by atoms with Gasteiger partial charge < -0.3 is 18.7 Å². The second-order valence-corrected chi connectivity index (χ2v) is 15.0. The topological polar surface area (TPSA) is 43.2 Å². The van der Waals surface area contributed by atoms with Gasteiger partial charge in [-0.2, -0.15) is 0 Å². The minimum atomic E-state index is 0.0779. The van der Waals surface area contributed by atoms with Crippen molar-refractivity contribution in [2.45, 2.75) is 26.2 Å². The summed E-state index contributed by atoms with van der Waals surface area (Å²) in [5.41, 5.74) is 15.4. The third-order valence-electron chi connectivity index (χ3n) is 11.0. The standard InChI is InChI=1S/C46H33BN2O2/c1-46(2,3)27-20-22-28(23-21-27)48-35-24-19-26-11-4-5-12-29(26)39(35)40-41-36(25-33-30-13-6-8-17-37(30)50-44(33)40)49-42-32(15-10-16-34(42)47-41)45-43(49)31-14-7-9-18-38(31)51-45/h4-25,47-48H,1-3H3. The molecule has 242 valence electrons. The third kappa shape index (κ3) is 4.03. The van der Waals surface area contributed by atoms with E-state index >= 15 is 0 Å². The molecule has 3 aromatic heterocycles. The number of para-hydroxylation sites is 3. The Morgan fingerprint density at radius 1 is 0.569 bits per heavy atom. The zero-order valence-corrected chi connectivity index (χ0v) is 28.7. The fourth-order valence-corrected chi connectivity index (χ4v) is 8.54. The summed E-state index contributed by atoms with van der Waals surface area (Å²) in [6, 6.07) is 47.9. The van der Waals surface area contributed by atoms with Gasteiger partial charge in [0.25, 0.3) is 0 Å². The lowest BCUT2D eigenvalue weighted by Crippen LogP contribution is -2.37. The average Bonchev–Trinajstić information content (AvgIpc) is 3.81. The van der Waals surface area contributed by atoms with E-state index in [1.807, 2.05) is 6.07 Å². The number of hydrogen-bond donors (Lipinski definition) is 1. The molecule has 1 aliphatic heterocycles. The van der Waals surface area contributed by atoms with Crippen LogP contribution in [0.5, 0.6) is 0 Å². The van der Waals surface area contributed by atoms with Crippen LogP contribution < -0.4 is 16.2 Å². The molecule has 0 radical (unpaired) electrons. The SMILES string of the molecule is CC(C)(C)c1ccc(Nc2ccc3ccccc3c2-c2c3c(cc4c2oc2ccccc24)-n2c4c(cccc4c4oc5ccccc5c42)B3)cc1. The molecule has 0 unspecified atom stereocenters. The summed E-state index contributed by atoms with van der Waals surface area (Å²) in [5, 5.41) is 10.7. The normalized spacial score (nSPS) is 12.8. The molecule has 51 heavy (non-hydrogen) atoms. The van der Waals surface area contributed by atoms with E-state index in [2.05, 4.69) is 158 Å². The number of anilines is 2. The van der Waals surface area contributed by atoms with Gasteiger partial charge in [0.15, 0.2) is 12.9 Å². The van der Waals surface area contributed by atoms with Crippen molar-refractivity contribution in [1.29, 1.82) is 0 Å². The molecule has 0 atom stereocenters. The number of furan rings is 2. The highest BCUT2D eigenvalue weighted by atomic mass is 16.3. The summed E-state index contributed by atoms with van der Waals surface area (Å²) < 4.78 is 16.0. The van der Waals surface area contributed by atoms with Crippen molar-refractivity contribution in [3.05, 3.63) is 139 Å². The van der Waals surface area contributed by atoms with Crippen LogP contribution >= 0.6 is 0 Å². The lowest BCUT2D eigenvalue weighted by molar-refractivity contribution is 0.590. The molecule has 0 aliphatic carbocycles. The number of rotatable bonds is 3. The van der Waals surface area contributed by atoms with Crippen molar-refractivity contribution in [3.8, 4) is 16.8 Å². The van der Waals surface area contributed by atoms with Crippen LogP contribution in [0.25, 0.3) is 82.5 Å². The number of fused-ring (bicyclic) bond motifs is 11. The predicted octanol–water partition coefficient (Wildman–Crippen LogP) is 11.0. The van der Waals surface area contributed by atoms with Gasteiger partial charge in [0.05, 0.1) is 5.52 Å². The molecule has 5 heteroatoms. The Balaban J connectivity index is 1.28. The zero-order chi connectivity index (χ0) is 34.0. The fourth-order valence-electron chi connectivity index (χ4n) is 8.54. The van der Waals surface area contributed by atoms with E-state index in [9.17, 15) is 0 Å². The molecule has 0 saturated carbocycles. The van der Waals surface area contributed by atoms with E-state index in [1.54, 1.807) is 0 Å². The molecule has 10 aromatic rings. The van der Waals surface area contributed by atoms with Crippen LogP contribution in [0, 0.1) is 0 Å². The Kier molecular flexibility index (Phi) is 5.71. The molecule has 0 saturated heterocycles. The Bertz CT molecular complexity index is 3060. The molecule has 11 rings (SSSR count). The maximum absolute atomic E-state index is 6.94. The number of benzene rings is 7. The molecule has 0 amide bonds. The minimum Gasteiger partial charge on any atom is -0.455 e. The highest BCUT2D eigenvalue weighted by Gasteiger charge is 2.32. The second-order valence-electron chi connectivity index (χ2n) is 15.0. The van der Waals surface area contributed by atoms with E-state index in [0.29, 0.717) is 0 Å². The van der Waals surface area contributed by atoms with Crippen LogP contribution in [-0.4, -0.2) is 11.8 Å². The van der Waals surface area contributed by atoms with E-state index in [0.717, 1.165) is 79.2 Å². The van der Waals surface area contributed by atoms with E-state index in [1.165, 1.54) is 38.5 Å². The van der Waals surface area contributed by atoms with Crippen LogP contribution in [-0.2, 0) is 5.41 Å². The number of aromatic nitrogens is 1. The molecule has 1 aliphatic rings. The Morgan fingerprint density at radius 2 is 1.25 bits per heavy atom. The minimum absolute atomic E-state index is 0.0779. The van der Waals surface area contributed by atoms with Crippen LogP contribution in [0.3, 0.4) is 0 Å². The lowest BCUT2D eigenvalue weighted by atomic mass is 9.58. The molecule has 1 N–H and O–H groups in total. The summed E-state index contributed by atoms with van der Waals surface area (Å²) >= 11 is 0. The van der Waals surface area contributed by atoms with Gasteiger partial charge in [0.2, 0.25) is 0 Å². The number of nitrogens with one attached hydrogen (secondary N) is 1. The van der Waals surface area contributed by atoms with Gasteiger partial charge in [-0.25, -0.2) is 0 Å². The van der Waals surface area contributed by atoms with Crippen molar-refractivity contribution in [2.75, 3.05) is 5.32 Å². The zero-order valence-electron chi connectivity index (χ0n) is 28.7. The Hall–Kier alpha value is -6.20. The molecule has 4 heterocycles. The van der Waals surface area contributed by atoms with Crippen LogP contribution in [0.2, 0.25) is 0 Å². The quantitative estimate of drug-likeness (QED) is 0.193. The van der Waals surface area contributed by atoms with Crippen molar-refractivity contribution in [2.24, 2.45) is 0 Å².